The summed E-state index contributed by atoms with van der Waals surface area (Å²) in [6, 6.07) is 17.2. The molecular weight excluding hydrogens is 382 g/mol. The molecule has 150 valence electrons. The Balaban J connectivity index is 1.76. The third-order valence-corrected chi connectivity index (χ3v) is 6.59. The summed E-state index contributed by atoms with van der Waals surface area (Å²) < 4.78 is 1.67. The van der Waals surface area contributed by atoms with Crippen molar-refractivity contribution in [2.45, 2.75) is 43.1 Å². The van der Waals surface area contributed by atoms with Crippen LogP contribution in [0, 0.1) is 0 Å². The van der Waals surface area contributed by atoms with Gasteiger partial charge in [-0.3, -0.25) is 14.2 Å². The van der Waals surface area contributed by atoms with E-state index in [-0.39, 0.29) is 11.5 Å². The van der Waals surface area contributed by atoms with Gasteiger partial charge in [-0.25, -0.2) is 4.98 Å². The van der Waals surface area contributed by atoms with Gasteiger partial charge in [-0.1, -0.05) is 54.2 Å². The molecule has 4 rings (SSSR count). The number of carbonyl (C=O) groups is 1. The van der Waals surface area contributed by atoms with Crippen LogP contribution in [0.5, 0.6) is 0 Å². The first kappa shape index (κ1) is 19.7. The predicted octanol–water partition coefficient (Wildman–Crippen LogP) is 4.26. The van der Waals surface area contributed by atoms with E-state index in [9.17, 15) is 9.59 Å². The summed E-state index contributed by atoms with van der Waals surface area (Å²) in [4.78, 5) is 33.1. The number of benzene rings is 2. The zero-order chi connectivity index (χ0) is 20.2. The van der Waals surface area contributed by atoms with Crippen molar-refractivity contribution in [1.82, 2.24) is 14.5 Å². The van der Waals surface area contributed by atoms with Crippen molar-refractivity contribution in [3.05, 3.63) is 70.5 Å². The average Bonchev–Trinajstić information content (AvgIpc) is 2.78. The number of nitrogens with zero attached hydrogens (tertiary/aromatic N) is 3. The molecule has 0 bridgehead atoms. The molecule has 0 radical (unpaired) electrons. The molecule has 0 saturated carbocycles. The topological polar surface area (TPSA) is 55.2 Å². The molecule has 2 aromatic carbocycles. The van der Waals surface area contributed by atoms with Crippen molar-refractivity contribution in [2.75, 3.05) is 13.1 Å². The number of amides is 1. The van der Waals surface area contributed by atoms with Crippen LogP contribution in [0.2, 0.25) is 0 Å². The van der Waals surface area contributed by atoms with Crippen molar-refractivity contribution >= 4 is 28.6 Å². The summed E-state index contributed by atoms with van der Waals surface area (Å²) in [5, 5.41) is 0.785. The summed E-state index contributed by atoms with van der Waals surface area (Å²) in [5.41, 5.74) is 1.55. The number of rotatable bonds is 5. The molecule has 1 amide bonds. The second kappa shape index (κ2) is 8.82. The lowest BCUT2D eigenvalue weighted by Crippen LogP contribution is -2.38. The first-order valence-corrected chi connectivity index (χ1v) is 11.1. The fourth-order valence-electron chi connectivity index (χ4n) is 3.79. The SMILES string of the molecule is CCn1c(S[C@@H](C(=O)N2CCCCC2)c2ccccc2)nc2ccccc2c1=O. The second-order valence-electron chi connectivity index (χ2n) is 7.26. The van der Waals surface area contributed by atoms with Crippen LogP contribution >= 0.6 is 11.8 Å². The molecule has 1 aliphatic heterocycles. The maximum Gasteiger partial charge on any atom is 0.262 e. The lowest BCUT2D eigenvalue weighted by molar-refractivity contribution is -0.131. The predicted molar refractivity (Wildman–Crippen MR) is 117 cm³/mol. The normalized spacial score (nSPS) is 15.4. The average molecular weight is 408 g/mol. The highest BCUT2D eigenvalue weighted by atomic mass is 32.2. The second-order valence-corrected chi connectivity index (χ2v) is 8.33. The number of para-hydroxylation sites is 1. The molecular formula is C23H25N3O2S. The number of carbonyl (C=O) groups excluding carboxylic acids is 1. The molecule has 5 nitrogen and oxygen atoms in total. The van der Waals surface area contributed by atoms with Gasteiger partial charge in [0.25, 0.3) is 5.56 Å². The van der Waals surface area contributed by atoms with Gasteiger partial charge in [0.2, 0.25) is 5.91 Å². The standard InChI is InChI=1S/C23H25N3O2S/c1-2-26-21(27)18-13-7-8-14-19(18)24-23(26)29-20(17-11-5-3-6-12-17)22(28)25-15-9-4-10-16-25/h3,5-8,11-14,20H,2,4,9-10,15-16H2,1H3/t20-/m1/s1. The van der Waals surface area contributed by atoms with E-state index in [1.54, 1.807) is 10.6 Å². The molecule has 1 atom stereocenters. The van der Waals surface area contributed by atoms with Gasteiger partial charge >= 0.3 is 0 Å². The molecule has 0 unspecified atom stereocenters. The quantitative estimate of drug-likeness (QED) is 0.468. The van der Waals surface area contributed by atoms with Gasteiger partial charge in [0.1, 0.15) is 5.25 Å². The Morgan fingerprint density at radius 2 is 1.72 bits per heavy atom. The van der Waals surface area contributed by atoms with Gasteiger partial charge in [0.15, 0.2) is 5.16 Å². The molecule has 0 N–H and O–H groups in total. The first-order valence-electron chi connectivity index (χ1n) is 10.2. The molecule has 0 aliphatic carbocycles. The molecule has 6 heteroatoms. The third kappa shape index (κ3) is 4.08. The minimum Gasteiger partial charge on any atom is -0.341 e. The van der Waals surface area contributed by atoms with E-state index in [0.717, 1.165) is 31.5 Å². The number of hydrogen-bond acceptors (Lipinski definition) is 4. The molecule has 1 saturated heterocycles. The van der Waals surface area contributed by atoms with Crippen LogP contribution in [0.15, 0.2) is 64.5 Å². The minimum absolute atomic E-state index is 0.0576. The summed E-state index contributed by atoms with van der Waals surface area (Å²) in [7, 11) is 0. The van der Waals surface area contributed by atoms with Crippen LogP contribution < -0.4 is 5.56 Å². The van der Waals surface area contributed by atoms with E-state index in [1.165, 1.54) is 18.2 Å². The largest absolute Gasteiger partial charge is 0.341 e. The van der Waals surface area contributed by atoms with E-state index in [0.29, 0.717) is 22.6 Å². The number of aromatic nitrogens is 2. The Morgan fingerprint density at radius 1 is 1.03 bits per heavy atom. The van der Waals surface area contributed by atoms with Crippen molar-refractivity contribution in [3.8, 4) is 0 Å². The molecule has 29 heavy (non-hydrogen) atoms. The van der Waals surface area contributed by atoms with Crippen molar-refractivity contribution in [2.24, 2.45) is 0 Å². The zero-order valence-corrected chi connectivity index (χ0v) is 17.4. The zero-order valence-electron chi connectivity index (χ0n) is 16.6. The van der Waals surface area contributed by atoms with Gasteiger partial charge in [-0.2, -0.15) is 0 Å². The van der Waals surface area contributed by atoms with Gasteiger partial charge < -0.3 is 4.90 Å². The molecule has 1 aromatic heterocycles. The van der Waals surface area contributed by atoms with Gasteiger partial charge in [0, 0.05) is 19.6 Å². The van der Waals surface area contributed by atoms with Crippen LogP contribution in [0.1, 0.15) is 37.0 Å². The number of hydrogen-bond donors (Lipinski definition) is 0. The maximum absolute atomic E-state index is 13.4. The Kier molecular flexibility index (Phi) is 6.00. The summed E-state index contributed by atoms with van der Waals surface area (Å²) in [6.45, 7) is 4.05. The smallest absolute Gasteiger partial charge is 0.262 e. The van der Waals surface area contributed by atoms with Crippen LogP contribution in [0.3, 0.4) is 0 Å². The monoisotopic (exact) mass is 407 g/mol. The lowest BCUT2D eigenvalue weighted by atomic mass is 10.1. The highest BCUT2D eigenvalue weighted by molar-refractivity contribution is 8.00. The van der Waals surface area contributed by atoms with Crippen LogP contribution in [0.25, 0.3) is 10.9 Å². The maximum atomic E-state index is 13.4. The first-order chi connectivity index (χ1) is 14.2. The minimum atomic E-state index is -0.417. The highest BCUT2D eigenvalue weighted by Gasteiger charge is 2.29. The molecule has 0 spiro atoms. The van der Waals surface area contributed by atoms with E-state index in [1.807, 2.05) is 60.4 Å². The Labute approximate surface area is 174 Å². The summed E-state index contributed by atoms with van der Waals surface area (Å²) >= 11 is 1.38. The van der Waals surface area contributed by atoms with Crippen molar-refractivity contribution < 1.29 is 4.79 Å². The van der Waals surface area contributed by atoms with Gasteiger partial charge in [0.05, 0.1) is 10.9 Å². The summed E-state index contributed by atoms with van der Waals surface area (Å²) in [5.74, 6) is 0.103. The fourth-order valence-corrected chi connectivity index (χ4v) is 5.04. The third-order valence-electron chi connectivity index (χ3n) is 5.36. The lowest BCUT2D eigenvalue weighted by Gasteiger charge is -2.30. The Hall–Kier alpha value is -2.60. The van der Waals surface area contributed by atoms with Crippen LogP contribution in [-0.2, 0) is 11.3 Å². The number of fused-ring (bicyclic) bond motifs is 1. The fraction of sp³-hybridized carbons (Fsp3) is 0.348. The van der Waals surface area contributed by atoms with E-state index in [2.05, 4.69) is 0 Å². The van der Waals surface area contributed by atoms with E-state index < -0.39 is 5.25 Å². The Bertz CT molecular complexity index is 1060. The van der Waals surface area contributed by atoms with Crippen molar-refractivity contribution in [1.29, 1.82) is 0 Å². The Morgan fingerprint density at radius 3 is 2.45 bits per heavy atom. The van der Waals surface area contributed by atoms with Gasteiger partial charge in [-0.05, 0) is 43.9 Å². The van der Waals surface area contributed by atoms with Crippen molar-refractivity contribution in [3.63, 3.8) is 0 Å². The van der Waals surface area contributed by atoms with E-state index >= 15 is 0 Å². The molecule has 3 aromatic rings. The van der Waals surface area contributed by atoms with Gasteiger partial charge in [-0.15, -0.1) is 0 Å². The molecule has 1 aliphatic rings. The van der Waals surface area contributed by atoms with E-state index in [4.69, 9.17) is 4.98 Å². The van der Waals surface area contributed by atoms with Crippen LogP contribution in [-0.4, -0.2) is 33.4 Å². The molecule has 2 heterocycles. The summed E-state index contributed by atoms with van der Waals surface area (Å²) in [6.07, 6.45) is 3.27. The molecule has 1 fully saturated rings. The van der Waals surface area contributed by atoms with Crippen LogP contribution in [0.4, 0.5) is 0 Å². The number of piperidine rings is 1. The highest BCUT2D eigenvalue weighted by Crippen LogP contribution is 2.36. The number of thioether (sulfide) groups is 1. The number of likely N-dealkylation sites (tertiary alicyclic amines) is 1.